The molecule has 1 atom stereocenters. The minimum atomic E-state index is -3.92. The van der Waals surface area contributed by atoms with Gasteiger partial charge in [0.15, 0.2) is 0 Å². The van der Waals surface area contributed by atoms with Crippen molar-refractivity contribution in [2.45, 2.75) is 44.0 Å². The maximum absolute atomic E-state index is 13.6. The number of benzene rings is 3. The monoisotopic (exact) mass is 448 g/mol. The van der Waals surface area contributed by atoms with Gasteiger partial charge < -0.3 is 5.32 Å². The number of nitrogens with one attached hydrogen (secondary N) is 1. The van der Waals surface area contributed by atoms with Crippen molar-refractivity contribution in [3.05, 3.63) is 95.1 Å². The number of carbonyl (C=O) groups excluding carboxylic acids is 1. The van der Waals surface area contributed by atoms with E-state index in [0.29, 0.717) is 5.69 Å². The molecule has 0 saturated carbocycles. The Morgan fingerprint density at radius 2 is 1.69 bits per heavy atom. The maximum Gasteiger partial charge on any atom is 0.264 e. The molecule has 0 saturated heterocycles. The van der Waals surface area contributed by atoms with Gasteiger partial charge in [-0.05, 0) is 73.6 Å². The van der Waals surface area contributed by atoms with E-state index >= 15 is 0 Å². The summed E-state index contributed by atoms with van der Waals surface area (Å²) >= 11 is 0. The van der Waals surface area contributed by atoms with Crippen LogP contribution in [0, 0.1) is 13.8 Å². The summed E-state index contributed by atoms with van der Waals surface area (Å²) in [4.78, 5) is 13.3. The molecule has 1 N–H and O–H groups in total. The molecule has 0 aliphatic heterocycles. The van der Waals surface area contributed by atoms with E-state index in [-0.39, 0.29) is 23.4 Å². The highest BCUT2D eigenvalue weighted by molar-refractivity contribution is 7.92. The Kier molecular flexibility index (Phi) is 6.33. The number of amides is 1. The molecule has 0 fully saturated rings. The van der Waals surface area contributed by atoms with Crippen molar-refractivity contribution in [1.82, 2.24) is 5.32 Å². The lowest BCUT2D eigenvalue weighted by Gasteiger charge is -2.29. The number of anilines is 1. The van der Waals surface area contributed by atoms with Gasteiger partial charge in [0.25, 0.3) is 10.0 Å². The first-order valence-electron chi connectivity index (χ1n) is 10.9. The summed E-state index contributed by atoms with van der Waals surface area (Å²) < 4.78 is 28.4. The molecule has 0 spiro atoms. The number of nitrogens with zero attached hydrogens (tertiary/aromatic N) is 1. The van der Waals surface area contributed by atoms with Gasteiger partial charge in [-0.15, -0.1) is 0 Å². The highest BCUT2D eigenvalue weighted by Gasteiger charge is 2.30. The molecule has 0 aromatic heterocycles. The van der Waals surface area contributed by atoms with Crippen molar-refractivity contribution in [3.63, 3.8) is 0 Å². The predicted molar refractivity (Wildman–Crippen MR) is 127 cm³/mol. The Balaban J connectivity index is 1.66. The van der Waals surface area contributed by atoms with Gasteiger partial charge in [-0.3, -0.25) is 9.10 Å². The van der Waals surface area contributed by atoms with Crippen molar-refractivity contribution in [3.8, 4) is 0 Å². The van der Waals surface area contributed by atoms with E-state index < -0.39 is 10.0 Å². The number of hydrogen-bond donors (Lipinski definition) is 1. The lowest BCUT2D eigenvalue weighted by molar-refractivity contribution is -0.120. The van der Waals surface area contributed by atoms with Crippen LogP contribution in [0.25, 0.3) is 0 Å². The number of sulfonamides is 1. The SMILES string of the molecule is Cc1cccc(N(CC(=O)N[C@@H]2CCCc3ccccc32)S(=O)(=O)c2ccccc2)c1C. The number of carbonyl (C=O) groups is 1. The summed E-state index contributed by atoms with van der Waals surface area (Å²) in [6.07, 6.45) is 2.84. The molecular formula is C26H28N2O3S. The molecule has 1 aliphatic carbocycles. The second kappa shape index (κ2) is 9.17. The molecule has 6 heteroatoms. The minimum absolute atomic E-state index is 0.104. The van der Waals surface area contributed by atoms with E-state index in [1.54, 1.807) is 36.4 Å². The Morgan fingerprint density at radius 1 is 0.969 bits per heavy atom. The zero-order valence-corrected chi connectivity index (χ0v) is 19.2. The van der Waals surface area contributed by atoms with Crippen molar-refractivity contribution in [2.75, 3.05) is 10.8 Å². The summed E-state index contributed by atoms with van der Waals surface area (Å²) in [7, 11) is -3.92. The van der Waals surface area contributed by atoms with Crippen LogP contribution < -0.4 is 9.62 Å². The lowest BCUT2D eigenvalue weighted by atomic mass is 9.88. The third kappa shape index (κ3) is 4.41. The van der Waals surface area contributed by atoms with Gasteiger partial charge in [-0.1, -0.05) is 54.6 Å². The van der Waals surface area contributed by atoms with Crippen LogP contribution in [0.2, 0.25) is 0 Å². The number of aryl methyl sites for hydroxylation is 2. The molecule has 166 valence electrons. The highest BCUT2D eigenvalue weighted by atomic mass is 32.2. The lowest BCUT2D eigenvalue weighted by Crippen LogP contribution is -2.42. The zero-order chi connectivity index (χ0) is 22.7. The normalized spacial score (nSPS) is 15.6. The molecule has 32 heavy (non-hydrogen) atoms. The Bertz CT molecular complexity index is 1220. The standard InChI is InChI=1S/C26H28N2O3S/c1-19-10-8-17-25(20(19)2)28(32(30,31)22-13-4-3-5-14-22)18-26(29)27-24-16-9-12-21-11-6-7-15-23(21)24/h3-8,10-11,13-15,17,24H,9,12,16,18H2,1-2H3,(H,27,29)/t24-/m1/s1. The van der Waals surface area contributed by atoms with Crippen molar-refractivity contribution in [2.24, 2.45) is 0 Å². The topological polar surface area (TPSA) is 66.5 Å². The average molecular weight is 449 g/mol. The summed E-state index contributed by atoms with van der Waals surface area (Å²) in [5, 5.41) is 3.09. The van der Waals surface area contributed by atoms with Gasteiger partial charge in [0.1, 0.15) is 6.54 Å². The molecular weight excluding hydrogens is 420 g/mol. The fraction of sp³-hybridized carbons (Fsp3) is 0.269. The van der Waals surface area contributed by atoms with Gasteiger partial charge >= 0.3 is 0 Å². The van der Waals surface area contributed by atoms with Crippen LogP contribution in [0.4, 0.5) is 5.69 Å². The van der Waals surface area contributed by atoms with Crippen LogP contribution >= 0.6 is 0 Å². The highest BCUT2D eigenvalue weighted by Crippen LogP contribution is 2.31. The second-order valence-corrected chi connectivity index (χ2v) is 10.1. The van der Waals surface area contributed by atoms with E-state index in [0.717, 1.165) is 36.0 Å². The van der Waals surface area contributed by atoms with Crippen molar-refractivity contribution >= 4 is 21.6 Å². The van der Waals surface area contributed by atoms with Crippen LogP contribution in [0.15, 0.2) is 77.7 Å². The van der Waals surface area contributed by atoms with E-state index in [1.165, 1.54) is 9.87 Å². The molecule has 0 radical (unpaired) electrons. The van der Waals surface area contributed by atoms with Crippen LogP contribution in [-0.2, 0) is 21.2 Å². The van der Waals surface area contributed by atoms with Crippen LogP contribution in [0.1, 0.15) is 41.1 Å². The number of fused-ring (bicyclic) bond motifs is 1. The fourth-order valence-electron chi connectivity index (χ4n) is 4.30. The number of hydrogen-bond acceptors (Lipinski definition) is 3. The van der Waals surface area contributed by atoms with E-state index in [1.807, 2.05) is 44.2 Å². The molecule has 0 heterocycles. The van der Waals surface area contributed by atoms with Gasteiger partial charge in [0.2, 0.25) is 5.91 Å². The predicted octanol–water partition coefficient (Wildman–Crippen LogP) is 4.69. The second-order valence-electron chi connectivity index (χ2n) is 8.25. The van der Waals surface area contributed by atoms with Gasteiger partial charge in [0, 0.05) is 0 Å². The first-order valence-corrected chi connectivity index (χ1v) is 12.3. The summed E-state index contributed by atoms with van der Waals surface area (Å²) in [5.74, 6) is -0.313. The number of rotatable bonds is 6. The Labute approximate surface area is 190 Å². The average Bonchev–Trinajstić information content (AvgIpc) is 2.80. The molecule has 1 aliphatic rings. The van der Waals surface area contributed by atoms with E-state index in [2.05, 4.69) is 11.4 Å². The molecule has 5 nitrogen and oxygen atoms in total. The van der Waals surface area contributed by atoms with E-state index in [4.69, 9.17) is 0 Å². The fourth-order valence-corrected chi connectivity index (χ4v) is 5.80. The summed E-state index contributed by atoms with van der Waals surface area (Å²) in [6, 6.07) is 21.8. The van der Waals surface area contributed by atoms with Gasteiger partial charge in [-0.25, -0.2) is 8.42 Å². The molecule has 3 aromatic carbocycles. The summed E-state index contributed by atoms with van der Waals surface area (Å²) in [6.45, 7) is 3.54. The third-order valence-corrected chi connectivity index (χ3v) is 7.94. The molecule has 0 unspecified atom stereocenters. The zero-order valence-electron chi connectivity index (χ0n) is 18.4. The maximum atomic E-state index is 13.6. The first kappa shape index (κ1) is 22.1. The van der Waals surface area contributed by atoms with Crippen molar-refractivity contribution < 1.29 is 13.2 Å². The molecule has 1 amide bonds. The van der Waals surface area contributed by atoms with Gasteiger partial charge in [-0.2, -0.15) is 0 Å². The van der Waals surface area contributed by atoms with Crippen LogP contribution in [-0.4, -0.2) is 20.9 Å². The van der Waals surface area contributed by atoms with Gasteiger partial charge in [0.05, 0.1) is 16.6 Å². The third-order valence-electron chi connectivity index (χ3n) is 6.17. The largest absolute Gasteiger partial charge is 0.348 e. The Morgan fingerprint density at radius 3 is 2.47 bits per heavy atom. The van der Waals surface area contributed by atoms with Crippen LogP contribution in [0.3, 0.4) is 0 Å². The minimum Gasteiger partial charge on any atom is -0.348 e. The van der Waals surface area contributed by atoms with Crippen LogP contribution in [0.5, 0.6) is 0 Å². The Hall–Kier alpha value is -3.12. The first-order chi connectivity index (χ1) is 15.4. The smallest absolute Gasteiger partial charge is 0.264 e. The quantitative estimate of drug-likeness (QED) is 0.595. The summed E-state index contributed by atoms with van der Waals surface area (Å²) in [5.41, 5.74) is 4.69. The van der Waals surface area contributed by atoms with E-state index in [9.17, 15) is 13.2 Å². The molecule has 3 aromatic rings. The molecule has 0 bridgehead atoms. The van der Waals surface area contributed by atoms with Crippen molar-refractivity contribution in [1.29, 1.82) is 0 Å². The molecule has 4 rings (SSSR count).